The van der Waals surface area contributed by atoms with E-state index in [1.165, 1.54) is 6.07 Å². The molecule has 0 saturated heterocycles. The molecule has 0 spiro atoms. The second-order valence-corrected chi connectivity index (χ2v) is 4.40. The van der Waals surface area contributed by atoms with Crippen molar-refractivity contribution in [1.82, 2.24) is 0 Å². The molecule has 0 fully saturated rings. The molecule has 0 radical (unpaired) electrons. The fraction of sp³-hybridized carbons (Fsp3) is 0.417. The van der Waals surface area contributed by atoms with E-state index in [-0.39, 0.29) is 5.82 Å². The van der Waals surface area contributed by atoms with Gasteiger partial charge in [0.1, 0.15) is 12.1 Å². The molecule has 1 aromatic rings. The van der Waals surface area contributed by atoms with Gasteiger partial charge in [-0.15, -0.1) is 0 Å². The van der Waals surface area contributed by atoms with Gasteiger partial charge in [0.25, 0.3) is 0 Å². The predicted molar refractivity (Wildman–Crippen MR) is 59.8 cm³/mol. The molecule has 0 N–H and O–H groups in total. The molecule has 15 heavy (non-hydrogen) atoms. The molecule has 1 rings (SSSR count). The fourth-order valence-corrected chi connectivity index (χ4v) is 1.34. The monoisotopic (exact) mass is 209 g/mol. The number of aldehydes is 1. The Morgan fingerprint density at radius 1 is 1.33 bits per heavy atom. The number of nitrogens with zero attached hydrogens (tertiary/aromatic N) is 1. The molecule has 0 amide bonds. The minimum absolute atomic E-state index is 0.299. The van der Waals surface area contributed by atoms with Gasteiger partial charge >= 0.3 is 0 Å². The lowest BCUT2D eigenvalue weighted by molar-refractivity contribution is -0.111. The van der Waals surface area contributed by atoms with Crippen LogP contribution in [0.4, 0.5) is 10.1 Å². The van der Waals surface area contributed by atoms with E-state index in [9.17, 15) is 9.18 Å². The van der Waals surface area contributed by atoms with Crippen molar-refractivity contribution < 1.29 is 9.18 Å². The van der Waals surface area contributed by atoms with Crippen LogP contribution in [0.3, 0.4) is 0 Å². The smallest absolute Gasteiger partial charge is 0.146 e. The van der Waals surface area contributed by atoms with Gasteiger partial charge in [-0.1, -0.05) is 6.07 Å². The summed E-state index contributed by atoms with van der Waals surface area (Å²) in [4.78, 5) is 12.5. The summed E-state index contributed by atoms with van der Waals surface area (Å²) < 4.78 is 13.6. The number of rotatable bonds is 3. The van der Waals surface area contributed by atoms with Gasteiger partial charge in [-0.05, 0) is 31.5 Å². The molecule has 0 bridgehead atoms. The van der Waals surface area contributed by atoms with Crippen molar-refractivity contribution >= 4 is 12.0 Å². The maximum atomic E-state index is 13.6. The zero-order chi connectivity index (χ0) is 11.6. The molecule has 0 aliphatic carbocycles. The van der Waals surface area contributed by atoms with E-state index in [0.29, 0.717) is 11.3 Å². The Morgan fingerprint density at radius 3 is 2.33 bits per heavy atom. The molecular weight excluding hydrogens is 193 g/mol. The van der Waals surface area contributed by atoms with Crippen LogP contribution in [0.1, 0.15) is 19.4 Å². The summed E-state index contributed by atoms with van der Waals surface area (Å²) in [6.07, 6.45) is 0.830. The van der Waals surface area contributed by atoms with Crippen LogP contribution in [0, 0.1) is 5.82 Å². The summed E-state index contributed by atoms with van der Waals surface area (Å²) >= 11 is 0. The zero-order valence-electron chi connectivity index (χ0n) is 9.54. The van der Waals surface area contributed by atoms with E-state index < -0.39 is 5.41 Å². The van der Waals surface area contributed by atoms with Gasteiger partial charge in [-0.3, -0.25) is 0 Å². The standard InChI is InChI=1S/C12H16FNO/c1-12(2,8-15)9-5-6-11(14(3)4)10(13)7-9/h5-8H,1-4H3. The van der Waals surface area contributed by atoms with Crippen LogP contribution in [0.2, 0.25) is 0 Å². The first-order valence-electron chi connectivity index (χ1n) is 4.82. The van der Waals surface area contributed by atoms with Crippen LogP contribution in [0.25, 0.3) is 0 Å². The highest BCUT2D eigenvalue weighted by Gasteiger charge is 2.20. The quantitative estimate of drug-likeness (QED) is 0.712. The summed E-state index contributed by atoms with van der Waals surface area (Å²) in [6, 6.07) is 4.90. The van der Waals surface area contributed by atoms with Crippen LogP contribution in [-0.4, -0.2) is 20.4 Å². The van der Waals surface area contributed by atoms with Crippen molar-refractivity contribution in [2.45, 2.75) is 19.3 Å². The third kappa shape index (κ3) is 2.35. The Balaban J connectivity index is 3.17. The van der Waals surface area contributed by atoms with Gasteiger partial charge in [0.05, 0.1) is 5.69 Å². The maximum Gasteiger partial charge on any atom is 0.146 e. The fourth-order valence-electron chi connectivity index (χ4n) is 1.34. The van der Waals surface area contributed by atoms with Crippen LogP contribution >= 0.6 is 0 Å². The van der Waals surface area contributed by atoms with Crippen molar-refractivity contribution in [2.75, 3.05) is 19.0 Å². The maximum absolute atomic E-state index is 13.6. The Bertz CT molecular complexity index is 372. The van der Waals surface area contributed by atoms with Crippen molar-refractivity contribution in [3.8, 4) is 0 Å². The van der Waals surface area contributed by atoms with Gasteiger partial charge in [0.15, 0.2) is 0 Å². The van der Waals surface area contributed by atoms with E-state index in [4.69, 9.17) is 0 Å². The topological polar surface area (TPSA) is 20.3 Å². The molecule has 1 aromatic carbocycles. The Hall–Kier alpha value is -1.38. The molecule has 0 aromatic heterocycles. The van der Waals surface area contributed by atoms with E-state index >= 15 is 0 Å². The number of hydrogen-bond donors (Lipinski definition) is 0. The summed E-state index contributed by atoms with van der Waals surface area (Å²) in [5, 5.41) is 0. The highest BCUT2D eigenvalue weighted by Crippen LogP contribution is 2.25. The van der Waals surface area contributed by atoms with Crippen LogP contribution < -0.4 is 4.90 Å². The molecular formula is C12H16FNO. The molecule has 0 heterocycles. The molecule has 2 nitrogen and oxygen atoms in total. The SMILES string of the molecule is CN(C)c1ccc(C(C)(C)C=O)cc1F. The van der Waals surface area contributed by atoms with Gasteiger partial charge < -0.3 is 9.69 Å². The molecule has 0 aliphatic rings. The van der Waals surface area contributed by atoms with E-state index in [2.05, 4.69) is 0 Å². The van der Waals surface area contributed by atoms with E-state index in [1.54, 1.807) is 45.0 Å². The van der Waals surface area contributed by atoms with Crippen molar-refractivity contribution in [2.24, 2.45) is 0 Å². The van der Waals surface area contributed by atoms with Crippen LogP contribution in [-0.2, 0) is 10.2 Å². The normalized spacial score (nSPS) is 11.3. The van der Waals surface area contributed by atoms with Gasteiger partial charge in [-0.2, -0.15) is 0 Å². The lowest BCUT2D eigenvalue weighted by atomic mass is 9.86. The molecule has 0 atom stereocenters. The molecule has 0 aliphatic heterocycles. The number of benzene rings is 1. The number of halogens is 1. The summed E-state index contributed by atoms with van der Waals surface area (Å²) in [5.41, 5.74) is 0.590. The summed E-state index contributed by atoms with van der Waals surface area (Å²) in [7, 11) is 3.56. The number of carbonyl (C=O) groups excluding carboxylic acids is 1. The largest absolute Gasteiger partial charge is 0.375 e. The third-order valence-electron chi connectivity index (χ3n) is 2.47. The average molecular weight is 209 g/mol. The number of carbonyl (C=O) groups is 1. The van der Waals surface area contributed by atoms with Gasteiger partial charge in [-0.25, -0.2) is 4.39 Å². The molecule has 82 valence electrons. The second kappa shape index (κ2) is 4.01. The zero-order valence-corrected chi connectivity index (χ0v) is 9.54. The summed E-state index contributed by atoms with van der Waals surface area (Å²) in [5.74, 6) is -0.299. The first-order valence-corrected chi connectivity index (χ1v) is 4.82. The Morgan fingerprint density at radius 2 is 1.93 bits per heavy atom. The van der Waals surface area contributed by atoms with Crippen molar-refractivity contribution in [3.05, 3.63) is 29.6 Å². The first-order chi connectivity index (χ1) is 6.88. The average Bonchev–Trinajstić information content (AvgIpc) is 2.17. The Labute approximate surface area is 89.7 Å². The second-order valence-electron chi connectivity index (χ2n) is 4.40. The van der Waals surface area contributed by atoms with Crippen molar-refractivity contribution in [1.29, 1.82) is 0 Å². The predicted octanol–water partition coefficient (Wildman–Crippen LogP) is 2.37. The van der Waals surface area contributed by atoms with Crippen LogP contribution in [0.5, 0.6) is 0 Å². The van der Waals surface area contributed by atoms with Gasteiger partial charge in [0, 0.05) is 19.5 Å². The lowest BCUT2D eigenvalue weighted by Crippen LogP contribution is -2.19. The van der Waals surface area contributed by atoms with Crippen molar-refractivity contribution in [3.63, 3.8) is 0 Å². The van der Waals surface area contributed by atoms with Crippen LogP contribution in [0.15, 0.2) is 18.2 Å². The third-order valence-corrected chi connectivity index (χ3v) is 2.47. The highest BCUT2D eigenvalue weighted by molar-refractivity contribution is 5.68. The molecule has 0 unspecified atom stereocenters. The molecule has 0 saturated carbocycles. The van der Waals surface area contributed by atoms with Gasteiger partial charge in [0.2, 0.25) is 0 Å². The van der Waals surface area contributed by atoms with E-state index in [1.807, 2.05) is 0 Å². The highest BCUT2D eigenvalue weighted by atomic mass is 19.1. The number of hydrogen-bond acceptors (Lipinski definition) is 2. The first kappa shape index (κ1) is 11.7. The number of anilines is 1. The Kier molecular flexibility index (Phi) is 3.12. The minimum atomic E-state index is -0.633. The minimum Gasteiger partial charge on any atom is -0.375 e. The summed E-state index contributed by atoms with van der Waals surface area (Å²) in [6.45, 7) is 3.54. The lowest BCUT2D eigenvalue weighted by Gasteiger charge is -2.20. The van der Waals surface area contributed by atoms with E-state index in [0.717, 1.165) is 6.29 Å². The molecule has 3 heteroatoms.